The maximum Gasteiger partial charge on any atom is 0.338 e. The van der Waals surface area contributed by atoms with E-state index in [1.165, 1.54) is 12.1 Å². The number of hydrogen-bond acceptors (Lipinski definition) is 6. The molecule has 108 valence electrons. The Morgan fingerprint density at radius 1 is 1.10 bits per heavy atom. The summed E-state index contributed by atoms with van der Waals surface area (Å²) in [6.07, 6.45) is 2.21. The van der Waals surface area contributed by atoms with E-state index >= 15 is 0 Å². The molecule has 1 aliphatic carbocycles. The molecule has 0 atom stereocenters. The molecule has 0 heterocycles. The molecule has 0 saturated heterocycles. The Morgan fingerprint density at radius 3 is 2.38 bits per heavy atom. The van der Waals surface area contributed by atoms with Crippen molar-refractivity contribution in [3.8, 4) is 5.75 Å². The maximum atomic E-state index is 11.9. The van der Waals surface area contributed by atoms with Gasteiger partial charge in [-0.2, -0.15) is 0 Å². The minimum Gasteiger partial charge on any atom is -0.462 e. The molecule has 0 radical (unpaired) electrons. The van der Waals surface area contributed by atoms with Gasteiger partial charge in [-0.15, -0.1) is 0 Å². The largest absolute Gasteiger partial charge is 0.462 e. The van der Waals surface area contributed by atoms with E-state index < -0.39 is 23.5 Å². The highest BCUT2D eigenvalue weighted by Gasteiger charge is 2.27. The molecule has 21 heavy (non-hydrogen) atoms. The predicted molar refractivity (Wildman–Crippen MR) is 71.5 cm³/mol. The van der Waals surface area contributed by atoms with Gasteiger partial charge in [0.2, 0.25) is 0 Å². The van der Waals surface area contributed by atoms with Crippen LogP contribution >= 0.6 is 0 Å². The van der Waals surface area contributed by atoms with Gasteiger partial charge in [0.05, 0.1) is 17.7 Å². The van der Waals surface area contributed by atoms with E-state index in [1.807, 2.05) is 0 Å². The number of fused-ring (bicyclic) bond motifs is 1. The highest BCUT2D eigenvalue weighted by Crippen LogP contribution is 2.29. The number of esters is 2. The molecule has 0 unspecified atom stereocenters. The van der Waals surface area contributed by atoms with Crippen molar-refractivity contribution in [1.82, 2.24) is 0 Å². The number of hydrogen-bond donors (Lipinski definition) is 0. The molecule has 0 N–H and O–H groups in total. The minimum absolute atomic E-state index is 0.0179. The Hall–Kier alpha value is -2.76. The zero-order chi connectivity index (χ0) is 15.6. The number of allylic oxidation sites excluding steroid dienone is 2. The van der Waals surface area contributed by atoms with Crippen LogP contribution < -0.4 is 4.74 Å². The van der Waals surface area contributed by atoms with E-state index in [1.54, 1.807) is 6.92 Å². The van der Waals surface area contributed by atoms with Crippen LogP contribution in [0.4, 0.5) is 0 Å². The number of rotatable bonds is 3. The second-order valence-electron chi connectivity index (χ2n) is 4.27. The quantitative estimate of drug-likeness (QED) is 0.621. The van der Waals surface area contributed by atoms with Crippen molar-refractivity contribution in [2.75, 3.05) is 6.61 Å². The summed E-state index contributed by atoms with van der Waals surface area (Å²) in [6, 6.07) is 2.49. The summed E-state index contributed by atoms with van der Waals surface area (Å²) in [6.45, 7) is 2.96. The standard InChI is InChI=1S/C15H12O6/c1-3-20-15(19)9-6-10-11(17)4-5-12(18)14(10)13(7-9)21-8(2)16/h4-7H,3H2,1-2H3. The van der Waals surface area contributed by atoms with Crippen LogP contribution in [0.25, 0.3) is 0 Å². The van der Waals surface area contributed by atoms with E-state index in [4.69, 9.17) is 9.47 Å². The first-order valence-corrected chi connectivity index (χ1v) is 6.24. The van der Waals surface area contributed by atoms with Gasteiger partial charge in [-0.1, -0.05) is 0 Å². The Bertz CT molecular complexity index is 684. The van der Waals surface area contributed by atoms with Gasteiger partial charge >= 0.3 is 11.9 Å². The number of ketones is 2. The van der Waals surface area contributed by atoms with E-state index in [0.29, 0.717) is 0 Å². The summed E-state index contributed by atoms with van der Waals surface area (Å²) >= 11 is 0. The summed E-state index contributed by atoms with van der Waals surface area (Å²) in [5.41, 5.74) is 0.0401. The Balaban J connectivity index is 2.62. The van der Waals surface area contributed by atoms with Crippen molar-refractivity contribution in [1.29, 1.82) is 0 Å². The molecule has 0 fully saturated rings. The molecule has 6 nitrogen and oxygen atoms in total. The van der Waals surface area contributed by atoms with Gasteiger partial charge in [0.1, 0.15) is 5.75 Å². The van der Waals surface area contributed by atoms with Crippen LogP contribution in [0.5, 0.6) is 5.75 Å². The van der Waals surface area contributed by atoms with Crippen LogP contribution in [0.15, 0.2) is 24.3 Å². The topological polar surface area (TPSA) is 86.7 Å². The first-order chi connectivity index (χ1) is 9.93. The van der Waals surface area contributed by atoms with Crippen molar-refractivity contribution >= 4 is 23.5 Å². The van der Waals surface area contributed by atoms with Gasteiger partial charge in [-0.05, 0) is 31.2 Å². The fourth-order valence-electron chi connectivity index (χ4n) is 1.96. The van der Waals surface area contributed by atoms with Crippen molar-refractivity contribution < 1.29 is 28.7 Å². The molecule has 1 aromatic rings. The molecule has 0 aliphatic heterocycles. The Labute approximate surface area is 120 Å². The molecule has 2 rings (SSSR count). The van der Waals surface area contributed by atoms with Gasteiger partial charge in [0, 0.05) is 12.5 Å². The van der Waals surface area contributed by atoms with Crippen LogP contribution in [0.1, 0.15) is 44.9 Å². The molecule has 0 bridgehead atoms. The highest BCUT2D eigenvalue weighted by atomic mass is 16.5. The zero-order valence-corrected chi connectivity index (χ0v) is 11.5. The number of ether oxygens (including phenoxy) is 2. The third-order valence-corrected chi connectivity index (χ3v) is 2.76. The van der Waals surface area contributed by atoms with Gasteiger partial charge < -0.3 is 9.47 Å². The normalized spacial score (nSPS) is 12.9. The summed E-state index contributed by atoms with van der Waals surface area (Å²) in [5, 5.41) is 0. The second kappa shape index (κ2) is 5.70. The van der Waals surface area contributed by atoms with Gasteiger partial charge in [0.25, 0.3) is 0 Å². The van der Waals surface area contributed by atoms with Crippen molar-refractivity contribution in [3.05, 3.63) is 41.0 Å². The zero-order valence-electron chi connectivity index (χ0n) is 11.5. The van der Waals surface area contributed by atoms with Gasteiger partial charge in [-0.3, -0.25) is 14.4 Å². The summed E-state index contributed by atoms with van der Waals surface area (Å²) in [5.74, 6) is -2.34. The van der Waals surface area contributed by atoms with Crippen molar-refractivity contribution in [2.24, 2.45) is 0 Å². The van der Waals surface area contributed by atoms with E-state index in [0.717, 1.165) is 19.1 Å². The number of benzene rings is 1. The van der Waals surface area contributed by atoms with Gasteiger partial charge in [0.15, 0.2) is 11.6 Å². The summed E-state index contributed by atoms with van der Waals surface area (Å²) in [7, 11) is 0. The fraction of sp³-hybridized carbons (Fsp3) is 0.200. The average Bonchev–Trinajstić information content (AvgIpc) is 2.42. The lowest BCUT2D eigenvalue weighted by Crippen LogP contribution is -2.17. The fourth-order valence-corrected chi connectivity index (χ4v) is 1.96. The summed E-state index contributed by atoms with van der Waals surface area (Å²) in [4.78, 5) is 46.7. The summed E-state index contributed by atoms with van der Waals surface area (Å²) < 4.78 is 9.79. The molecule has 6 heteroatoms. The Kier molecular flexibility index (Phi) is 3.98. The smallest absolute Gasteiger partial charge is 0.338 e. The van der Waals surface area contributed by atoms with Crippen LogP contribution in [0, 0.1) is 0 Å². The lowest BCUT2D eigenvalue weighted by Gasteiger charge is -2.15. The molecule has 0 saturated carbocycles. The first kappa shape index (κ1) is 14.6. The molecule has 1 aromatic carbocycles. The minimum atomic E-state index is -0.663. The maximum absolute atomic E-state index is 11.9. The van der Waals surface area contributed by atoms with Crippen LogP contribution in [0.2, 0.25) is 0 Å². The number of carbonyl (C=O) groups is 4. The molecule has 0 amide bonds. The van der Waals surface area contributed by atoms with Crippen molar-refractivity contribution in [2.45, 2.75) is 13.8 Å². The average molecular weight is 288 g/mol. The monoisotopic (exact) mass is 288 g/mol. The molecule has 0 aromatic heterocycles. The highest BCUT2D eigenvalue weighted by molar-refractivity contribution is 6.23. The van der Waals surface area contributed by atoms with Crippen LogP contribution in [-0.4, -0.2) is 30.1 Å². The first-order valence-electron chi connectivity index (χ1n) is 6.24. The molecular formula is C15H12O6. The lowest BCUT2D eigenvalue weighted by atomic mass is 9.92. The third kappa shape index (κ3) is 2.89. The van der Waals surface area contributed by atoms with Crippen molar-refractivity contribution in [3.63, 3.8) is 0 Å². The second-order valence-corrected chi connectivity index (χ2v) is 4.27. The lowest BCUT2D eigenvalue weighted by molar-refractivity contribution is -0.131. The molecular weight excluding hydrogens is 276 g/mol. The molecule has 1 aliphatic rings. The van der Waals surface area contributed by atoms with Crippen LogP contribution in [-0.2, 0) is 9.53 Å². The third-order valence-electron chi connectivity index (χ3n) is 2.76. The van der Waals surface area contributed by atoms with Crippen LogP contribution in [0.3, 0.4) is 0 Å². The SMILES string of the molecule is CCOC(=O)c1cc(OC(C)=O)c2c(c1)C(=O)C=CC2=O. The number of carbonyl (C=O) groups excluding carboxylic acids is 4. The predicted octanol–water partition coefficient (Wildman–Crippen LogP) is 1.72. The molecule has 0 spiro atoms. The Morgan fingerprint density at radius 2 is 1.76 bits per heavy atom. The van der Waals surface area contributed by atoms with Gasteiger partial charge in [-0.25, -0.2) is 4.79 Å². The van der Waals surface area contributed by atoms with E-state index in [-0.39, 0.29) is 29.0 Å². The van der Waals surface area contributed by atoms with E-state index in [2.05, 4.69) is 0 Å². The van der Waals surface area contributed by atoms with E-state index in [9.17, 15) is 19.2 Å².